The van der Waals surface area contributed by atoms with E-state index in [1.807, 2.05) is 16.8 Å². The van der Waals surface area contributed by atoms with Crippen molar-refractivity contribution >= 4 is 52.4 Å². The van der Waals surface area contributed by atoms with Crippen LogP contribution in [-0.2, 0) is 13.0 Å². The maximum Gasteiger partial charge on any atom is 0.152 e. The summed E-state index contributed by atoms with van der Waals surface area (Å²) in [6.07, 6.45) is 3.94. The molecule has 0 aliphatic heterocycles. The summed E-state index contributed by atoms with van der Waals surface area (Å²) in [6.45, 7) is 3.63. The van der Waals surface area contributed by atoms with Crippen LogP contribution in [0.4, 0.5) is 5.82 Å². The fraction of sp³-hybridized carbons (Fsp3) is 0.333. The number of fused-ring (bicyclic) bond motifs is 3. The van der Waals surface area contributed by atoms with Crippen LogP contribution in [0.5, 0.6) is 0 Å². The first-order valence-electron chi connectivity index (χ1n) is 6.99. The Morgan fingerprint density at radius 3 is 2.68 bits per heavy atom. The highest BCUT2D eigenvalue weighted by Gasteiger charge is 2.13. The molecule has 1 aromatic carbocycles. The van der Waals surface area contributed by atoms with E-state index in [1.54, 1.807) is 0 Å². The van der Waals surface area contributed by atoms with Gasteiger partial charge in [0.05, 0.1) is 5.52 Å². The summed E-state index contributed by atoms with van der Waals surface area (Å²) in [5, 5.41) is 6.75. The van der Waals surface area contributed by atoms with Gasteiger partial charge in [-0.2, -0.15) is 5.10 Å². The van der Waals surface area contributed by atoms with Crippen LogP contribution in [0.1, 0.15) is 18.9 Å². The van der Waals surface area contributed by atoms with Gasteiger partial charge in [-0.1, -0.05) is 19.1 Å². The summed E-state index contributed by atoms with van der Waals surface area (Å²) >= 11 is 0. The molecule has 0 aliphatic carbocycles. The molecule has 2 aromatic heterocycles. The lowest BCUT2D eigenvalue weighted by Gasteiger charge is -2.06. The number of nitrogen functional groups attached to an aromatic ring is 1. The average Bonchev–Trinajstić information content (AvgIpc) is 2.84. The molecule has 120 valence electrons. The van der Waals surface area contributed by atoms with E-state index in [0.29, 0.717) is 12.4 Å². The Labute approximate surface area is 141 Å². The van der Waals surface area contributed by atoms with Crippen LogP contribution in [0.25, 0.3) is 21.8 Å². The van der Waals surface area contributed by atoms with Crippen molar-refractivity contribution in [3.63, 3.8) is 0 Å². The van der Waals surface area contributed by atoms with E-state index in [0.717, 1.165) is 41.2 Å². The van der Waals surface area contributed by atoms with Gasteiger partial charge < -0.3 is 11.5 Å². The number of benzene rings is 1. The van der Waals surface area contributed by atoms with Crippen LogP contribution in [-0.4, -0.2) is 21.3 Å². The molecule has 0 unspecified atom stereocenters. The van der Waals surface area contributed by atoms with Crippen LogP contribution in [0, 0.1) is 0 Å². The Kier molecular flexibility index (Phi) is 6.41. The second-order valence-corrected chi connectivity index (χ2v) is 5.00. The van der Waals surface area contributed by atoms with E-state index >= 15 is 0 Å². The van der Waals surface area contributed by atoms with Gasteiger partial charge in [0, 0.05) is 23.5 Å². The van der Waals surface area contributed by atoms with Gasteiger partial charge in [-0.3, -0.25) is 4.68 Å². The predicted molar refractivity (Wildman–Crippen MR) is 97.0 cm³/mol. The minimum Gasteiger partial charge on any atom is -0.382 e. The second-order valence-electron chi connectivity index (χ2n) is 5.00. The molecule has 0 aliphatic rings. The van der Waals surface area contributed by atoms with Crippen molar-refractivity contribution in [2.24, 2.45) is 5.73 Å². The van der Waals surface area contributed by atoms with Crippen molar-refractivity contribution in [1.82, 2.24) is 14.8 Å². The van der Waals surface area contributed by atoms with Gasteiger partial charge in [-0.15, -0.1) is 24.8 Å². The number of hydrogen-bond donors (Lipinski definition) is 2. The van der Waals surface area contributed by atoms with E-state index in [4.69, 9.17) is 11.5 Å². The summed E-state index contributed by atoms with van der Waals surface area (Å²) in [4.78, 5) is 4.48. The Morgan fingerprint density at radius 2 is 2.00 bits per heavy atom. The SMILES string of the molecule is CCCn1cc2c(n1)c(N)nc1cccc(CCN)c12.Cl.Cl. The van der Waals surface area contributed by atoms with Gasteiger partial charge in [0.15, 0.2) is 5.82 Å². The largest absolute Gasteiger partial charge is 0.382 e. The molecule has 0 saturated carbocycles. The van der Waals surface area contributed by atoms with Gasteiger partial charge in [0.1, 0.15) is 5.52 Å². The van der Waals surface area contributed by atoms with Gasteiger partial charge in [0.25, 0.3) is 0 Å². The second kappa shape index (κ2) is 7.63. The van der Waals surface area contributed by atoms with Crippen molar-refractivity contribution in [2.45, 2.75) is 26.3 Å². The molecule has 0 spiro atoms. The van der Waals surface area contributed by atoms with Crippen molar-refractivity contribution in [3.8, 4) is 0 Å². The fourth-order valence-corrected chi connectivity index (χ4v) is 2.67. The van der Waals surface area contributed by atoms with Crippen LogP contribution >= 0.6 is 24.8 Å². The van der Waals surface area contributed by atoms with Crippen molar-refractivity contribution < 1.29 is 0 Å². The first-order chi connectivity index (χ1) is 9.74. The summed E-state index contributed by atoms with van der Waals surface area (Å²) in [6, 6.07) is 6.09. The first kappa shape index (κ1) is 18.5. The van der Waals surface area contributed by atoms with Crippen LogP contribution in [0.2, 0.25) is 0 Å². The van der Waals surface area contributed by atoms with Gasteiger partial charge in [-0.05, 0) is 31.0 Å². The van der Waals surface area contributed by atoms with E-state index in [1.165, 1.54) is 5.56 Å². The number of aryl methyl sites for hydroxylation is 1. The fourth-order valence-electron chi connectivity index (χ4n) is 2.67. The number of anilines is 1. The smallest absolute Gasteiger partial charge is 0.152 e. The third-order valence-electron chi connectivity index (χ3n) is 3.51. The topological polar surface area (TPSA) is 82.8 Å². The zero-order valence-corrected chi connectivity index (χ0v) is 14.1. The lowest BCUT2D eigenvalue weighted by atomic mass is 10.0. The number of halogens is 2. The van der Waals surface area contributed by atoms with Gasteiger partial charge in [0.2, 0.25) is 0 Å². The molecule has 2 heterocycles. The molecule has 3 aromatic rings. The normalized spacial score (nSPS) is 10.5. The number of nitrogens with two attached hydrogens (primary N) is 2. The zero-order valence-electron chi connectivity index (χ0n) is 12.5. The summed E-state index contributed by atoms with van der Waals surface area (Å²) in [5.41, 5.74) is 14.7. The predicted octanol–water partition coefficient (Wildman–Crippen LogP) is 2.92. The Bertz CT molecular complexity index is 769. The van der Waals surface area contributed by atoms with E-state index in [-0.39, 0.29) is 24.8 Å². The minimum absolute atomic E-state index is 0. The Balaban J connectivity index is 0.00000121. The van der Waals surface area contributed by atoms with E-state index in [2.05, 4.69) is 29.3 Å². The number of nitrogens with zero attached hydrogens (tertiary/aromatic N) is 3. The standard InChI is InChI=1S/C15H19N5.2ClH/c1-2-8-20-9-11-13-10(6-7-16)4-3-5-12(13)18-15(17)14(11)19-20;;/h3-5,9H,2,6-8,16H2,1H3,(H2,17,18);2*1H. The molecule has 5 nitrogen and oxygen atoms in total. The number of aromatic nitrogens is 3. The van der Waals surface area contributed by atoms with Gasteiger partial charge in [-0.25, -0.2) is 4.98 Å². The Morgan fingerprint density at radius 1 is 1.23 bits per heavy atom. The maximum absolute atomic E-state index is 6.04. The van der Waals surface area contributed by atoms with Gasteiger partial charge >= 0.3 is 0 Å². The molecule has 22 heavy (non-hydrogen) atoms. The summed E-state index contributed by atoms with van der Waals surface area (Å²) in [7, 11) is 0. The number of hydrogen-bond acceptors (Lipinski definition) is 4. The molecule has 0 atom stereocenters. The molecule has 0 saturated heterocycles. The first-order valence-corrected chi connectivity index (χ1v) is 6.99. The summed E-state index contributed by atoms with van der Waals surface area (Å²) in [5.74, 6) is 0.493. The highest BCUT2D eigenvalue weighted by Crippen LogP contribution is 2.29. The van der Waals surface area contributed by atoms with Crippen molar-refractivity contribution in [3.05, 3.63) is 30.0 Å². The molecule has 7 heteroatoms. The third kappa shape index (κ3) is 3.11. The highest BCUT2D eigenvalue weighted by atomic mass is 35.5. The molecule has 0 bridgehead atoms. The lowest BCUT2D eigenvalue weighted by Crippen LogP contribution is -2.03. The molecular weight excluding hydrogens is 321 g/mol. The molecule has 3 rings (SSSR count). The van der Waals surface area contributed by atoms with Crippen molar-refractivity contribution in [1.29, 1.82) is 0 Å². The van der Waals surface area contributed by atoms with E-state index in [9.17, 15) is 0 Å². The third-order valence-corrected chi connectivity index (χ3v) is 3.51. The van der Waals surface area contributed by atoms with Crippen molar-refractivity contribution in [2.75, 3.05) is 12.3 Å². The molecule has 0 radical (unpaired) electrons. The Hall–Kier alpha value is -1.56. The maximum atomic E-state index is 6.04. The minimum atomic E-state index is 0. The highest BCUT2D eigenvalue weighted by molar-refractivity contribution is 6.09. The molecule has 4 N–H and O–H groups in total. The quantitative estimate of drug-likeness (QED) is 0.764. The number of rotatable bonds is 4. The zero-order chi connectivity index (χ0) is 14.1. The molecule has 0 amide bonds. The number of pyridine rings is 1. The van der Waals surface area contributed by atoms with E-state index < -0.39 is 0 Å². The van der Waals surface area contributed by atoms with Crippen LogP contribution in [0.3, 0.4) is 0 Å². The molecule has 0 fully saturated rings. The monoisotopic (exact) mass is 341 g/mol. The van der Waals surface area contributed by atoms with Crippen LogP contribution < -0.4 is 11.5 Å². The average molecular weight is 342 g/mol. The molecular formula is C15H21Cl2N5. The lowest BCUT2D eigenvalue weighted by molar-refractivity contribution is 0.609. The summed E-state index contributed by atoms with van der Waals surface area (Å²) < 4.78 is 1.95. The van der Waals surface area contributed by atoms with Crippen LogP contribution in [0.15, 0.2) is 24.4 Å².